The minimum atomic E-state index is 0.641. The van der Waals surface area contributed by atoms with Crippen LogP contribution in [0.4, 0.5) is 0 Å². The predicted octanol–water partition coefficient (Wildman–Crippen LogP) is 3.50. The molecule has 0 saturated carbocycles. The molecular weight excluding hydrogens is 318 g/mol. The number of nitrogens with one attached hydrogen (secondary N) is 1. The topological polar surface area (TPSA) is 30.5 Å². The van der Waals surface area contributed by atoms with Crippen LogP contribution in [0.1, 0.15) is 0 Å². The smallest absolute Gasteiger partial charge is 0.120 e. The SMILES string of the molecule is Brc1cccc(OCCNCCOc2ccccc2)c1. The van der Waals surface area contributed by atoms with Crippen LogP contribution in [0, 0.1) is 0 Å². The van der Waals surface area contributed by atoms with Gasteiger partial charge in [0.2, 0.25) is 0 Å². The zero-order valence-electron chi connectivity index (χ0n) is 11.2. The van der Waals surface area contributed by atoms with Crippen molar-refractivity contribution in [3.05, 3.63) is 59.1 Å². The Bertz CT molecular complexity index is 505. The van der Waals surface area contributed by atoms with Gasteiger partial charge in [-0.3, -0.25) is 0 Å². The average molecular weight is 336 g/mol. The summed E-state index contributed by atoms with van der Waals surface area (Å²) in [6.45, 7) is 2.89. The van der Waals surface area contributed by atoms with E-state index in [-0.39, 0.29) is 0 Å². The van der Waals surface area contributed by atoms with E-state index in [2.05, 4.69) is 21.2 Å². The Morgan fingerprint density at radius 1 is 0.800 bits per heavy atom. The van der Waals surface area contributed by atoms with Crippen LogP contribution in [0.25, 0.3) is 0 Å². The molecule has 0 amide bonds. The molecule has 3 nitrogen and oxygen atoms in total. The molecule has 0 heterocycles. The maximum atomic E-state index is 5.62. The molecule has 4 heteroatoms. The van der Waals surface area contributed by atoms with Crippen LogP contribution in [-0.4, -0.2) is 26.3 Å². The lowest BCUT2D eigenvalue weighted by molar-refractivity contribution is 0.289. The van der Waals surface area contributed by atoms with Crippen LogP contribution in [0.3, 0.4) is 0 Å². The first-order valence-electron chi connectivity index (χ1n) is 6.61. The minimum absolute atomic E-state index is 0.641. The van der Waals surface area contributed by atoms with Gasteiger partial charge >= 0.3 is 0 Å². The fraction of sp³-hybridized carbons (Fsp3) is 0.250. The molecule has 2 aromatic carbocycles. The molecule has 0 aliphatic rings. The quantitative estimate of drug-likeness (QED) is 0.749. The van der Waals surface area contributed by atoms with Crippen LogP contribution in [0.15, 0.2) is 59.1 Å². The monoisotopic (exact) mass is 335 g/mol. The number of hydrogen-bond donors (Lipinski definition) is 1. The minimum Gasteiger partial charge on any atom is -0.492 e. The zero-order chi connectivity index (χ0) is 14.0. The zero-order valence-corrected chi connectivity index (χ0v) is 12.8. The van der Waals surface area contributed by atoms with Crippen molar-refractivity contribution in [3.8, 4) is 11.5 Å². The summed E-state index contributed by atoms with van der Waals surface area (Å²) in [5, 5.41) is 3.28. The highest BCUT2D eigenvalue weighted by molar-refractivity contribution is 9.10. The van der Waals surface area contributed by atoms with Gasteiger partial charge in [0.05, 0.1) is 0 Å². The van der Waals surface area contributed by atoms with Gasteiger partial charge in [0.15, 0.2) is 0 Å². The molecule has 2 aromatic rings. The van der Waals surface area contributed by atoms with E-state index in [1.807, 2.05) is 54.6 Å². The molecule has 2 rings (SSSR count). The van der Waals surface area contributed by atoms with E-state index in [9.17, 15) is 0 Å². The molecule has 0 bridgehead atoms. The Morgan fingerprint density at radius 2 is 1.45 bits per heavy atom. The van der Waals surface area contributed by atoms with Crippen molar-refractivity contribution >= 4 is 15.9 Å². The normalized spacial score (nSPS) is 10.2. The highest BCUT2D eigenvalue weighted by atomic mass is 79.9. The third-order valence-electron chi connectivity index (χ3n) is 2.63. The van der Waals surface area contributed by atoms with Gasteiger partial charge in [-0.25, -0.2) is 0 Å². The maximum absolute atomic E-state index is 5.62. The first-order chi connectivity index (χ1) is 9.84. The second kappa shape index (κ2) is 8.61. The molecule has 0 aliphatic carbocycles. The molecule has 0 atom stereocenters. The molecular formula is C16H18BrNO2. The van der Waals surface area contributed by atoms with Crippen molar-refractivity contribution in [1.82, 2.24) is 5.32 Å². The van der Waals surface area contributed by atoms with Crippen LogP contribution < -0.4 is 14.8 Å². The Labute approximate surface area is 128 Å². The molecule has 0 fully saturated rings. The Balaban J connectivity index is 1.52. The van der Waals surface area contributed by atoms with Gasteiger partial charge in [-0.15, -0.1) is 0 Å². The fourth-order valence-electron chi connectivity index (χ4n) is 1.68. The van der Waals surface area contributed by atoms with Crippen molar-refractivity contribution < 1.29 is 9.47 Å². The van der Waals surface area contributed by atoms with Crippen molar-refractivity contribution in [1.29, 1.82) is 0 Å². The summed E-state index contributed by atoms with van der Waals surface area (Å²) in [6, 6.07) is 17.7. The summed E-state index contributed by atoms with van der Waals surface area (Å²) in [5.74, 6) is 1.78. The van der Waals surface area contributed by atoms with Gasteiger partial charge < -0.3 is 14.8 Å². The number of benzene rings is 2. The third kappa shape index (κ3) is 5.63. The van der Waals surface area contributed by atoms with E-state index in [0.29, 0.717) is 13.2 Å². The van der Waals surface area contributed by atoms with Crippen molar-refractivity contribution in [3.63, 3.8) is 0 Å². The predicted molar refractivity (Wildman–Crippen MR) is 84.4 cm³/mol. The standard InChI is InChI=1S/C16H18BrNO2/c17-14-5-4-8-16(13-14)20-12-10-18-9-11-19-15-6-2-1-3-7-15/h1-8,13,18H,9-12H2. The van der Waals surface area contributed by atoms with Gasteiger partial charge in [-0.1, -0.05) is 40.2 Å². The van der Waals surface area contributed by atoms with Crippen LogP contribution in [-0.2, 0) is 0 Å². The number of ether oxygens (including phenoxy) is 2. The molecule has 0 aliphatic heterocycles. The molecule has 0 aromatic heterocycles. The van der Waals surface area contributed by atoms with Crippen LogP contribution in [0.5, 0.6) is 11.5 Å². The first kappa shape index (κ1) is 14.9. The van der Waals surface area contributed by atoms with E-state index in [4.69, 9.17) is 9.47 Å². The van der Waals surface area contributed by atoms with Gasteiger partial charge in [-0.2, -0.15) is 0 Å². The Hall–Kier alpha value is -1.52. The van der Waals surface area contributed by atoms with Crippen molar-refractivity contribution in [2.45, 2.75) is 0 Å². The highest BCUT2D eigenvalue weighted by Crippen LogP contribution is 2.17. The van der Waals surface area contributed by atoms with Gasteiger partial charge in [0, 0.05) is 17.6 Å². The van der Waals surface area contributed by atoms with Gasteiger partial charge in [0.25, 0.3) is 0 Å². The van der Waals surface area contributed by atoms with E-state index < -0.39 is 0 Å². The van der Waals surface area contributed by atoms with Gasteiger partial charge in [-0.05, 0) is 30.3 Å². The molecule has 0 saturated heterocycles. The molecule has 0 spiro atoms. The molecule has 106 valence electrons. The van der Waals surface area contributed by atoms with E-state index >= 15 is 0 Å². The Morgan fingerprint density at radius 3 is 2.15 bits per heavy atom. The van der Waals surface area contributed by atoms with Crippen LogP contribution in [0.2, 0.25) is 0 Å². The summed E-state index contributed by atoms with van der Waals surface area (Å²) in [5.41, 5.74) is 0. The summed E-state index contributed by atoms with van der Waals surface area (Å²) in [7, 11) is 0. The van der Waals surface area contributed by atoms with Crippen LogP contribution >= 0.6 is 15.9 Å². The lowest BCUT2D eigenvalue weighted by Crippen LogP contribution is -2.25. The number of halogens is 1. The largest absolute Gasteiger partial charge is 0.492 e. The fourth-order valence-corrected chi connectivity index (χ4v) is 2.06. The molecule has 20 heavy (non-hydrogen) atoms. The third-order valence-corrected chi connectivity index (χ3v) is 3.13. The van der Waals surface area contributed by atoms with E-state index in [1.54, 1.807) is 0 Å². The summed E-state index contributed by atoms with van der Waals surface area (Å²) >= 11 is 3.42. The summed E-state index contributed by atoms with van der Waals surface area (Å²) in [6.07, 6.45) is 0. The first-order valence-corrected chi connectivity index (χ1v) is 7.41. The Kier molecular flexibility index (Phi) is 6.41. The maximum Gasteiger partial charge on any atom is 0.120 e. The number of hydrogen-bond acceptors (Lipinski definition) is 3. The van der Waals surface area contributed by atoms with E-state index in [0.717, 1.165) is 29.1 Å². The lowest BCUT2D eigenvalue weighted by atomic mass is 10.3. The molecule has 0 radical (unpaired) electrons. The second-order valence-corrected chi connectivity index (χ2v) is 5.13. The summed E-state index contributed by atoms with van der Waals surface area (Å²) < 4.78 is 12.2. The lowest BCUT2D eigenvalue weighted by Gasteiger charge is -2.09. The number of para-hydroxylation sites is 1. The van der Waals surface area contributed by atoms with Gasteiger partial charge in [0.1, 0.15) is 24.7 Å². The van der Waals surface area contributed by atoms with Crippen molar-refractivity contribution in [2.75, 3.05) is 26.3 Å². The molecule has 0 unspecified atom stereocenters. The second-order valence-electron chi connectivity index (χ2n) is 4.22. The average Bonchev–Trinajstić information content (AvgIpc) is 2.47. The molecule has 1 N–H and O–H groups in total. The van der Waals surface area contributed by atoms with E-state index in [1.165, 1.54) is 0 Å². The number of rotatable bonds is 8. The van der Waals surface area contributed by atoms with Crippen molar-refractivity contribution in [2.24, 2.45) is 0 Å². The highest BCUT2D eigenvalue weighted by Gasteiger charge is 1.95. The summed E-state index contributed by atoms with van der Waals surface area (Å²) in [4.78, 5) is 0.